The van der Waals surface area contributed by atoms with Crippen LogP contribution in [0.3, 0.4) is 0 Å². The average Bonchev–Trinajstić information content (AvgIpc) is 2.55. The fraction of sp³-hybridized carbons (Fsp3) is 0.667. The van der Waals surface area contributed by atoms with Crippen molar-refractivity contribution in [2.75, 3.05) is 13.2 Å². The van der Waals surface area contributed by atoms with Crippen LogP contribution >= 0.6 is 11.3 Å². The van der Waals surface area contributed by atoms with Crippen LogP contribution in [0.2, 0.25) is 0 Å². The van der Waals surface area contributed by atoms with E-state index >= 15 is 0 Å². The van der Waals surface area contributed by atoms with Crippen LogP contribution in [0.25, 0.3) is 0 Å². The Bertz CT molecular complexity index is 211. The van der Waals surface area contributed by atoms with E-state index in [9.17, 15) is 0 Å². The van der Waals surface area contributed by atoms with Crippen molar-refractivity contribution >= 4 is 11.3 Å². The molecule has 3 nitrogen and oxygen atoms in total. The van der Waals surface area contributed by atoms with E-state index in [0.29, 0.717) is 12.6 Å². The van der Waals surface area contributed by atoms with Gasteiger partial charge in [0.05, 0.1) is 23.6 Å². The van der Waals surface area contributed by atoms with Gasteiger partial charge in [0, 0.05) is 18.8 Å². The summed E-state index contributed by atoms with van der Waals surface area (Å²) in [4.78, 5) is 5.16. The third-order valence-corrected chi connectivity index (χ3v) is 2.28. The molecule has 0 atom stereocenters. The first-order valence-corrected chi connectivity index (χ1v) is 5.35. The van der Waals surface area contributed by atoms with Gasteiger partial charge in [0.15, 0.2) is 0 Å². The molecule has 0 bridgehead atoms. The first-order chi connectivity index (χ1) is 6.29. The first-order valence-electron chi connectivity index (χ1n) is 4.47. The van der Waals surface area contributed by atoms with E-state index in [-0.39, 0.29) is 0 Å². The van der Waals surface area contributed by atoms with Gasteiger partial charge in [-0.1, -0.05) is 13.8 Å². The second kappa shape index (κ2) is 6.07. The molecule has 0 fully saturated rings. The molecule has 0 radical (unpaired) electrons. The molecule has 1 rings (SSSR count). The minimum atomic E-state index is 0.534. The Hall–Kier alpha value is -0.450. The van der Waals surface area contributed by atoms with Gasteiger partial charge in [0.1, 0.15) is 0 Å². The minimum Gasteiger partial charge on any atom is -0.375 e. The van der Waals surface area contributed by atoms with Crippen LogP contribution in [0.4, 0.5) is 0 Å². The van der Waals surface area contributed by atoms with Crippen molar-refractivity contribution in [1.82, 2.24) is 10.3 Å². The second-order valence-corrected chi connectivity index (χ2v) is 4.10. The van der Waals surface area contributed by atoms with Crippen molar-refractivity contribution in [2.24, 2.45) is 0 Å². The summed E-state index contributed by atoms with van der Waals surface area (Å²) >= 11 is 1.63. The molecule has 1 aromatic heterocycles. The molecule has 0 spiro atoms. The summed E-state index contributed by atoms with van der Waals surface area (Å²) < 4.78 is 5.44. The Balaban J connectivity index is 1.96. The number of hydrogen-bond acceptors (Lipinski definition) is 4. The highest BCUT2D eigenvalue weighted by molar-refractivity contribution is 7.09. The summed E-state index contributed by atoms with van der Waals surface area (Å²) in [6, 6.07) is 0.534. The van der Waals surface area contributed by atoms with Crippen LogP contribution in [0.5, 0.6) is 0 Å². The number of aromatic nitrogens is 1. The molecular weight excluding hydrogens is 184 g/mol. The van der Waals surface area contributed by atoms with Crippen LogP contribution in [-0.2, 0) is 11.3 Å². The Kier molecular flexibility index (Phi) is 4.97. The summed E-state index contributed by atoms with van der Waals surface area (Å²) in [6.45, 7) is 6.61. The molecule has 1 heterocycles. The molecule has 1 aromatic rings. The van der Waals surface area contributed by atoms with E-state index in [1.165, 1.54) is 4.88 Å². The maximum atomic E-state index is 5.44. The number of ether oxygens (including phenoxy) is 1. The quantitative estimate of drug-likeness (QED) is 0.709. The maximum Gasteiger partial charge on any atom is 0.0826 e. The van der Waals surface area contributed by atoms with Gasteiger partial charge in [-0.3, -0.25) is 4.98 Å². The predicted molar refractivity (Wildman–Crippen MR) is 54.9 cm³/mol. The molecule has 0 saturated heterocycles. The smallest absolute Gasteiger partial charge is 0.0826 e. The van der Waals surface area contributed by atoms with Crippen molar-refractivity contribution in [1.29, 1.82) is 0 Å². The second-order valence-electron chi connectivity index (χ2n) is 3.13. The molecule has 0 aliphatic rings. The monoisotopic (exact) mass is 200 g/mol. The molecule has 0 aliphatic carbocycles. The molecule has 1 N–H and O–H groups in total. The zero-order valence-corrected chi connectivity index (χ0v) is 8.93. The predicted octanol–water partition coefficient (Wildman–Crippen LogP) is 1.66. The van der Waals surface area contributed by atoms with Gasteiger partial charge in [-0.15, -0.1) is 11.3 Å². The Labute approximate surface area is 83.1 Å². The minimum absolute atomic E-state index is 0.534. The zero-order chi connectivity index (χ0) is 9.52. The molecule has 0 amide bonds. The van der Waals surface area contributed by atoms with E-state index in [0.717, 1.165) is 13.2 Å². The molecule has 0 saturated carbocycles. The van der Waals surface area contributed by atoms with Gasteiger partial charge in [0.2, 0.25) is 0 Å². The number of nitrogens with zero attached hydrogens (tertiary/aromatic N) is 1. The van der Waals surface area contributed by atoms with E-state index < -0.39 is 0 Å². The summed E-state index contributed by atoms with van der Waals surface area (Å²) in [6.07, 6.45) is 1.85. The zero-order valence-electron chi connectivity index (χ0n) is 8.12. The molecular formula is C9H16N2OS. The molecule has 0 aromatic carbocycles. The normalized spacial score (nSPS) is 11.0. The Morgan fingerprint density at radius 3 is 3.08 bits per heavy atom. The van der Waals surface area contributed by atoms with Gasteiger partial charge in [-0.25, -0.2) is 0 Å². The van der Waals surface area contributed by atoms with Crippen molar-refractivity contribution in [3.8, 4) is 0 Å². The lowest BCUT2D eigenvalue weighted by Gasteiger charge is -2.07. The molecule has 13 heavy (non-hydrogen) atoms. The highest BCUT2D eigenvalue weighted by atomic mass is 32.1. The van der Waals surface area contributed by atoms with Gasteiger partial charge >= 0.3 is 0 Å². The average molecular weight is 200 g/mol. The lowest BCUT2D eigenvalue weighted by Crippen LogP contribution is -2.26. The topological polar surface area (TPSA) is 34.1 Å². The molecule has 0 aliphatic heterocycles. The summed E-state index contributed by atoms with van der Waals surface area (Å²) in [5, 5.41) is 3.29. The highest BCUT2D eigenvalue weighted by Gasteiger charge is 1.95. The number of rotatable bonds is 6. The Morgan fingerprint density at radius 2 is 2.46 bits per heavy atom. The summed E-state index contributed by atoms with van der Waals surface area (Å²) in [7, 11) is 0. The Morgan fingerprint density at radius 1 is 1.62 bits per heavy atom. The fourth-order valence-corrected chi connectivity index (χ4v) is 1.44. The van der Waals surface area contributed by atoms with Crippen LogP contribution in [0.15, 0.2) is 11.7 Å². The van der Waals surface area contributed by atoms with Gasteiger partial charge < -0.3 is 10.1 Å². The highest BCUT2D eigenvalue weighted by Crippen LogP contribution is 2.05. The van der Waals surface area contributed by atoms with Gasteiger partial charge in [-0.2, -0.15) is 0 Å². The van der Waals surface area contributed by atoms with Crippen molar-refractivity contribution in [3.63, 3.8) is 0 Å². The molecule has 4 heteroatoms. The maximum absolute atomic E-state index is 5.44. The standard InChI is InChI=1S/C9H16N2OS/c1-8(2)11-3-4-12-6-9-5-10-7-13-9/h5,7-8,11H,3-4,6H2,1-2H3. The molecule has 74 valence electrons. The van der Waals surface area contributed by atoms with Crippen molar-refractivity contribution < 1.29 is 4.74 Å². The van der Waals surface area contributed by atoms with Gasteiger partial charge in [-0.05, 0) is 0 Å². The number of thiazole rings is 1. The molecule has 0 unspecified atom stereocenters. The van der Waals surface area contributed by atoms with E-state index in [2.05, 4.69) is 24.1 Å². The lowest BCUT2D eigenvalue weighted by atomic mass is 10.4. The van der Waals surface area contributed by atoms with E-state index in [1.807, 2.05) is 11.7 Å². The SMILES string of the molecule is CC(C)NCCOCc1cncs1. The largest absolute Gasteiger partial charge is 0.375 e. The van der Waals surface area contributed by atoms with Crippen molar-refractivity contribution in [2.45, 2.75) is 26.5 Å². The van der Waals surface area contributed by atoms with Crippen molar-refractivity contribution in [3.05, 3.63) is 16.6 Å². The third kappa shape index (κ3) is 4.98. The van der Waals surface area contributed by atoms with E-state index in [1.54, 1.807) is 11.3 Å². The van der Waals surface area contributed by atoms with Crippen LogP contribution in [0, 0.1) is 0 Å². The van der Waals surface area contributed by atoms with Gasteiger partial charge in [0.25, 0.3) is 0 Å². The number of nitrogens with one attached hydrogen (secondary N) is 1. The lowest BCUT2D eigenvalue weighted by molar-refractivity contribution is 0.123. The third-order valence-electron chi connectivity index (χ3n) is 1.53. The summed E-state index contributed by atoms with van der Waals surface area (Å²) in [5.74, 6) is 0. The summed E-state index contributed by atoms with van der Waals surface area (Å²) in [5.41, 5.74) is 1.82. The first kappa shape index (κ1) is 10.6. The number of hydrogen-bond donors (Lipinski definition) is 1. The van der Waals surface area contributed by atoms with Crippen LogP contribution in [-0.4, -0.2) is 24.2 Å². The van der Waals surface area contributed by atoms with E-state index in [4.69, 9.17) is 4.74 Å². The fourth-order valence-electron chi connectivity index (χ4n) is 0.906. The van der Waals surface area contributed by atoms with Crippen LogP contribution < -0.4 is 5.32 Å². The van der Waals surface area contributed by atoms with Crippen LogP contribution in [0.1, 0.15) is 18.7 Å².